The summed E-state index contributed by atoms with van der Waals surface area (Å²) in [5.41, 5.74) is 3.87. The van der Waals surface area contributed by atoms with Crippen LogP contribution in [-0.4, -0.2) is 37.7 Å². The number of benzene rings is 1. The zero-order valence-electron chi connectivity index (χ0n) is 16.2. The predicted octanol–water partition coefficient (Wildman–Crippen LogP) is 0.810. The van der Waals surface area contributed by atoms with Gasteiger partial charge in [0, 0.05) is 12.7 Å². The normalized spacial score (nSPS) is 10.9. The molecule has 28 heavy (non-hydrogen) atoms. The Balaban J connectivity index is 1.61. The SMILES string of the molecule is Cc1cc(C)c(NC(=O)CNC(=O)Cn2cnc3c(cnn3C)c2=O)c(C)c1. The molecule has 9 heteroatoms. The van der Waals surface area contributed by atoms with Crippen molar-refractivity contribution in [1.29, 1.82) is 0 Å². The number of fused-ring (bicyclic) bond motifs is 1. The quantitative estimate of drug-likeness (QED) is 0.678. The third kappa shape index (κ3) is 3.93. The monoisotopic (exact) mass is 382 g/mol. The van der Waals surface area contributed by atoms with E-state index >= 15 is 0 Å². The highest BCUT2D eigenvalue weighted by Gasteiger charge is 2.13. The van der Waals surface area contributed by atoms with E-state index in [-0.39, 0.29) is 24.6 Å². The van der Waals surface area contributed by atoms with Crippen LogP contribution in [0.2, 0.25) is 0 Å². The molecule has 0 fully saturated rings. The van der Waals surface area contributed by atoms with Crippen LogP contribution in [0, 0.1) is 20.8 Å². The Morgan fingerprint density at radius 2 is 1.79 bits per heavy atom. The average molecular weight is 382 g/mol. The van der Waals surface area contributed by atoms with Crippen LogP contribution in [0.15, 0.2) is 29.5 Å². The highest BCUT2D eigenvalue weighted by atomic mass is 16.2. The van der Waals surface area contributed by atoms with Gasteiger partial charge in [-0.3, -0.25) is 23.6 Å². The largest absolute Gasteiger partial charge is 0.345 e. The third-order valence-electron chi connectivity index (χ3n) is 4.42. The first-order chi connectivity index (χ1) is 13.3. The molecule has 2 aromatic heterocycles. The second-order valence-corrected chi connectivity index (χ2v) is 6.78. The maximum absolute atomic E-state index is 12.4. The summed E-state index contributed by atoms with van der Waals surface area (Å²) >= 11 is 0. The van der Waals surface area contributed by atoms with Gasteiger partial charge in [0.25, 0.3) is 5.56 Å². The zero-order chi connectivity index (χ0) is 20.4. The molecule has 3 aromatic rings. The van der Waals surface area contributed by atoms with Crippen LogP contribution in [0.4, 0.5) is 5.69 Å². The third-order valence-corrected chi connectivity index (χ3v) is 4.42. The second-order valence-electron chi connectivity index (χ2n) is 6.78. The van der Waals surface area contributed by atoms with Crippen molar-refractivity contribution in [2.24, 2.45) is 7.05 Å². The summed E-state index contributed by atoms with van der Waals surface area (Å²) in [4.78, 5) is 40.8. The van der Waals surface area contributed by atoms with Gasteiger partial charge in [-0.25, -0.2) is 4.98 Å². The van der Waals surface area contributed by atoms with Crippen LogP contribution in [0.1, 0.15) is 16.7 Å². The molecule has 2 N–H and O–H groups in total. The van der Waals surface area contributed by atoms with Crippen molar-refractivity contribution in [1.82, 2.24) is 24.6 Å². The molecule has 0 aliphatic carbocycles. The van der Waals surface area contributed by atoms with Gasteiger partial charge in [-0.1, -0.05) is 17.7 Å². The molecular weight excluding hydrogens is 360 g/mol. The molecule has 0 aliphatic heterocycles. The maximum atomic E-state index is 12.4. The molecule has 0 unspecified atom stereocenters. The molecule has 2 amide bonds. The minimum Gasteiger partial charge on any atom is -0.345 e. The maximum Gasteiger partial charge on any atom is 0.264 e. The minimum absolute atomic E-state index is 0.192. The molecule has 9 nitrogen and oxygen atoms in total. The van der Waals surface area contributed by atoms with Crippen LogP contribution >= 0.6 is 0 Å². The molecule has 0 bridgehead atoms. The number of aryl methyl sites for hydroxylation is 4. The van der Waals surface area contributed by atoms with Crippen LogP contribution in [-0.2, 0) is 23.2 Å². The molecular formula is C19H22N6O3. The van der Waals surface area contributed by atoms with Crippen molar-refractivity contribution in [3.8, 4) is 0 Å². The number of anilines is 1. The zero-order valence-corrected chi connectivity index (χ0v) is 16.2. The van der Waals surface area contributed by atoms with Crippen molar-refractivity contribution in [3.63, 3.8) is 0 Å². The van der Waals surface area contributed by atoms with Crippen molar-refractivity contribution in [2.45, 2.75) is 27.3 Å². The first kappa shape index (κ1) is 19.3. The number of carbonyl (C=O) groups is 2. The number of hydrogen-bond donors (Lipinski definition) is 2. The molecule has 1 aromatic carbocycles. The first-order valence-electron chi connectivity index (χ1n) is 8.78. The summed E-state index contributed by atoms with van der Waals surface area (Å²) in [7, 11) is 1.68. The first-order valence-corrected chi connectivity index (χ1v) is 8.78. The number of nitrogens with one attached hydrogen (secondary N) is 2. The van der Waals surface area contributed by atoms with Crippen molar-refractivity contribution >= 4 is 28.5 Å². The van der Waals surface area contributed by atoms with Gasteiger partial charge >= 0.3 is 0 Å². The highest BCUT2D eigenvalue weighted by molar-refractivity contribution is 5.95. The molecule has 0 atom stereocenters. The number of rotatable bonds is 5. The Kier molecular flexibility index (Phi) is 5.25. The fourth-order valence-corrected chi connectivity index (χ4v) is 3.13. The van der Waals surface area contributed by atoms with Crippen LogP contribution < -0.4 is 16.2 Å². The number of nitrogens with zero attached hydrogens (tertiary/aromatic N) is 4. The van der Waals surface area contributed by atoms with Crippen LogP contribution in [0.5, 0.6) is 0 Å². The second kappa shape index (κ2) is 7.63. The number of hydrogen-bond acceptors (Lipinski definition) is 5. The van der Waals surface area contributed by atoms with Crippen LogP contribution in [0.3, 0.4) is 0 Å². The number of amides is 2. The van der Waals surface area contributed by atoms with E-state index in [0.29, 0.717) is 11.0 Å². The summed E-state index contributed by atoms with van der Waals surface area (Å²) in [6.45, 7) is 5.41. The van der Waals surface area contributed by atoms with E-state index in [1.54, 1.807) is 7.05 Å². The van der Waals surface area contributed by atoms with E-state index in [1.807, 2.05) is 32.9 Å². The topological polar surface area (TPSA) is 111 Å². The Bertz CT molecular complexity index is 1110. The molecule has 0 aliphatic rings. The Hall–Kier alpha value is -3.49. The highest BCUT2D eigenvalue weighted by Crippen LogP contribution is 2.21. The van der Waals surface area contributed by atoms with Gasteiger partial charge in [-0.2, -0.15) is 5.10 Å². The lowest BCUT2D eigenvalue weighted by Crippen LogP contribution is -2.37. The molecule has 0 radical (unpaired) electrons. The van der Waals surface area contributed by atoms with Gasteiger partial charge in [0.2, 0.25) is 11.8 Å². The van der Waals surface area contributed by atoms with Crippen molar-refractivity contribution in [2.75, 3.05) is 11.9 Å². The van der Waals surface area contributed by atoms with E-state index in [4.69, 9.17) is 0 Å². The molecule has 3 rings (SSSR count). The van der Waals surface area contributed by atoms with Gasteiger partial charge in [-0.15, -0.1) is 0 Å². The van der Waals surface area contributed by atoms with Gasteiger partial charge in [0.15, 0.2) is 5.65 Å². The Labute approximate surface area is 161 Å². The van der Waals surface area contributed by atoms with Crippen molar-refractivity contribution in [3.05, 3.63) is 51.7 Å². The summed E-state index contributed by atoms with van der Waals surface area (Å²) in [5, 5.41) is 9.66. The standard InChI is InChI=1S/C19H22N6O3/c1-11-5-12(2)17(13(3)6-11)23-15(26)8-20-16(27)9-25-10-21-18-14(19(25)28)7-22-24(18)4/h5-7,10H,8-9H2,1-4H3,(H,20,27)(H,23,26). The van der Waals surface area contributed by atoms with Gasteiger partial charge in [0.1, 0.15) is 18.3 Å². The molecule has 2 heterocycles. The minimum atomic E-state index is -0.459. The lowest BCUT2D eigenvalue weighted by Gasteiger charge is -2.13. The predicted molar refractivity (Wildman–Crippen MR) is 105 cm³/mol. The van der Waals surface area contributed by atoms with E-state index in [1.165, 1.54) is 21.8 Å². The average Bonchev–Trinajstić information content (AvgIpc) is 3.00. The van der Waals surface area contributed by atoms with E-state index in [0.717, 1.165) is 22.4 Å². The molecule has 0 spiro atoms. The summed E-state index contributed by atoms with van der Waals surface area (Å²) in [6.07, 6.45) is 2.71. The van der Waals surface area contributed by atoms with Crippen molar-refractivity contribution < 1.29 is 9.59 Å². The molecule has 0 saturated carbocycles. The number of carbonyl (C=O) groups excluding carboxylic acids is 2. The smallest absolute Gasteiger partial charge is 0.264 e. The van der Waals surface area contributed by atoms with Gasteiger partial charge < -0.3 is 10.6 Å². The summed E-state index contributed by atoms with van der Waals surface area (Å²) in [6, 6.07) is 3.96. The van der Waals surface area contributed by atoms with E-state index in [9.17, 15) is 14.4 Å². The van der Waals surface area contributed by atoms with Gasteiger partial charge in [0.05, 0.1) is 12.7 Å². The van der Waals surface area contributed by atoms with Gasteiger partial charge in [-0.05, 0) is 31.9 Å². The molecule has 0 saturated heterocycles. The lowest BCUT2D eigenvalue weighted by atomic mass is 10.1. The Morgan fingerprint density at radius 1 is 1.11 bits per heavy atom. The molecule has 146 valence electrons. The fraction of sp³-hybridized carbons (Fsp3) is 0.316. The summed E-state index contributed by atoms with van der Waals surface area (Å²) < 4.78 is 2.67. The summed E-state index contributed by atoms with van der Waals surface area (Å²) in [5.74, 6) is -0.795. The lowest BCUT2D eigenvalue weighted by molar-refractivity contribution is -0.124. The van der Waals surface area contributed by atoms with E-state index in [2.05, 4.69) is 20.7 Å². The Morgan fingerprint density at radius 3 is 2.46 bits per heavy atom. The van der Waals surface area contributed by atoms with Crippen LogP contribution in [0.25, 0.3) is 11.0 Å². The number of aromatic nitrogens is 4. The van der Waals surface area contributed by atoms with E-state index < -0.39 is 5.91 Å². The fourth-order valence-electron chi connectivity index (χ4n) is 3.13.